The van der Waals surface area contributed by atoms with E-state index in [-0.39, 0.29) is 17.5 Å². The lowest BCUT2D eigenvalue weighted by Crippen LogP contribution is -2.60. The Bertz CT molecular complexity index is 1270. The number of para-hydroxylation sites is 1. The number of nitrogens with zero attached hydrogens (tertiary/aromatic N) is 2. The van der Waals surface area contributed by atoms with Gasteiger partial charge in [-0.25, -0.2) is 10.3 Å². The van der Waals surface area contributed by atoms with Crippen molar-refractivity contribution in [3.8, 4) is 5.75 Å². The number of hydrogen-bond acceptors (Lipinski definition) is 12. The summed E-state index contributed by atoms with van der Waals surface area (Å²) >= 11 is 0. The third kappa shape index (κ3) is 8.17. The molecule has 4 rings (SSSR count). The number of carbonyl (C=O) groups is 2. The van der Waals surface area contributed by atoms with E-state index in [2.05, 4.69) is 15.7 Å². The van der Waals surface area contributed by atoms with Gasteiger partial charge in [-0.2, -0.15) is 0 Å². The number of amidine groups is 1. The number of anilines is 1. The van der Waals surface area contributed by atoms with E-state index in [1.165, 1.54) is 6.07 Å². The van der Waals surface area contributed by atoms with Crippen molar-refractivity contribution in [2.75, 3.05) is 45.2 Å². The van der Waals surface area contributed by atoms with Crippen LogP contribution in [0.4, 0.5) is 5.69 Å². The van der Waals surface area contributed by atoms with Gasteiger partial charge in [0.1, 0.15) is 42.4 Å². The molecule has 15 heteroatoms. The van der Waals surface area contributed by atoms with E-state index in [1.54, 1.807) is 47.4 Å². The van der Waals surface area contributed by atoms with Gasteiger partial charge in [0, 0.05) is 43.0 Å². The summed E-state index contributed by atoms with van der Waals surface area (Å²) in [6.45, 7) is 1.82. The Labute approximate surface area is 248 Å². The highest BCUT2D eigenvalue weighted by molar-refractivity contribution is 5.96. The molecule has 2 aliphatic heterocycles. The van der Waals surface area contributed by atoms with Crippen molar-refractivity contribution in [3.63, 3.8) is 0 Å². The Kier molecular flexibility index (Phi) is 10.9. The lowest BCUT2D eigenvalue weighted by Gasteiger charge is -2.39. The fourth-order valence-electron chi connectivity index (χ4n) is 4.66. The number of benzene rings is 2. The zero-order valence-electron chi connectivity index (χ0n) is 23.6. The van der Waals surface area contributed by atoms with Crippen LogP contribution >= 0.6 is 0 Å². The van der Waals surface area contributed by atoms with Gasteiger partial charge in [0.05, 0.1) is 6.61 Å². The van der Waals surface area contributed by atoms with Crippen LogP contribution in [0.5, 0.6) is 5.75 Å². The van der Waals surface area contributed by atoms with E-state index < -0.39 is 55.9 Å². The fourth-order valence-corrected chi connectivity index (χ4v) is 4.66. The van der Waals surface area contributed by atoms with Crippen molar-refractivity contribution >= 4 is 23.3 Å². The molecule has 0 aromatic heterocycles. The number of aliphatic hydroxyl groups excluding tert-OH is 4. The molecule has 6 atom stereocenters. The Hall–Kier alpha value is -3.83. The van der Waals surface area contributed by atoms with Crippen molar-refractivity contribution < 1.29 is 44.3 Å². The van der Waals surface area contributed by atoms with E-state index in [1.807, 2.05) is 7.05 Å². The summed E-state index contributed by atoms with van der Waals surface area (Å²) in [6.07, 6.45) is -9.12. The quantitative estimate of drug-likeness (QED) is 0.0482. The average Bonchev–Trinajstić information content (AvgIpc) is 3.00. The number of rotatable bonds is 11. The molecule has 2 aromatic carbocycles. The first-order chi connectivity index (χ1) is 20.6. The molecule has 2 amide bonds. The Morgan fingerprint density at radius 1 is 1.07 bits per heavy atom. The summed E-state index contributed by atoms with van der Waals surface area (Å²) < 4.78 is 11.4. The number of piperazine rings is 1. The standard InChI is InChI=1S/C28H38N6O9/c1-33-9-11-34(12-10-33)22(37)14-21(36)32-43-27(31-17-6-4-5-16(13-17)26(29)30)18-7-2-3-8-19(18)41-28-25(40)24(39)23(38)20(15-35)42-28/h2-8,13,20,23-25,27-28,31,35,38-40H,9-12,14-15H2,1H3,(H3,29,30)(H,32,36). The maximum Gasteiger partial charge on any atom is 0.253 e. The number of hydroxylamine groups is 1. The molecule has 2 fully saturated rings. The molecule has 0 saturated carbocycles. The summed E-state index contributed by atoms with van der Waals surface area (Å²) in [6, 6.07) is 13.0. The van der Waals surface area contributed by atoms with Gasteiger partial charge in [-0.1, -0.05) is 30.3 Å². The van der Waals surface area contributed by atoms with Crippen molar-refractivity contribution in [2.24, 2.45) is 5.73 Å². The zero-order chi connectivity index (χ0) is 31.1. The minimum absolute atomic E-state index is 0.106. The number of carbonyl (C=O) groups excluding carboxylic acids is 2. The number of likely N-dealkylation sites (N-methyl/N-ethyl adjacent to an activating group) is 1. The van der Waals surface area contributed by atoms with Crippen molar-refractivity contribution in [1.29, 1.82) is 5.41 Å². The molecule has 2 aliphatic rings. The van der Waals surface area contributed by atoms with Crippen molar-refractivity contribution in [2.45, 2.75) is 43.4 Å². The Morgan fingerprint density at radius 2 is 1.79 bits per heavy atom. The summed E-state index contributed by atoms with van der Waals surface area (Å²) in [5, 5.41) is 51.2. The number of hydrogen-bond donors (Lipinski definition) is 8. The normalized spacial score (nSPS) is 25.0. The van der Waals surface area contributed by atoms with Crippen molar-refractivity contribution in [1.82, 2.24) is 15.3 Å². The minimum atomic E-state index is -1.66. The van der Waals surface area contributed by atoms with E-state index in [0.717, 1.165) is 0 Å². The second-order valence-corrected chi connectivity index (χ2v) is 10.4. The number of nitrogen functional groups attached to an aromatic ring is 1. The van der Waals surface area contributed by atoms with Crippen LogP contribution in [0.2, 0.25) is 0 Å². The lowest BCUT2D eigenvalue weighted by molar-refractivity contribution is -0.277. The molecular formula is C28H38N6O9. The van der Waals surface area contributed by atoms with E-state index in [9.17, 15) is 30.0 Å². The highest BCUT2D eigenvalue weighted by Gasteiger charge is 2.45. The SMILES string of the molecule is CN1CCN(C(=O)CC(=O)NOC(Nc2cccc(C(=N)N)c2)c2ccccc2OC2OC(CO)C(O)C(O)C2O)CC1. The summed E-state index contributed by atoms with van der Waals surface area (Å²) in [7, 11) is 1.96. The van der Waals surface area contributed by atoms with Crippen LogP contribution in [0.3, 0.4) is 0 Å². The molecule has 6 unspecified atom stereocenters. The molecule has 0 spiro atoms. The van der Waals surface area contributed by atoms with Crippen LogP contribution in [-0.4, -0.2) is 118 Å². The minimum Gasteiger partial charge on any atom is -0.462 e. The summed E-state index contributed by atoms with van der Waals surface area (Å²) in [4.78, 5) is 34.9. The topological polar surface area (TPSA) is 223 Å². The van der Waals surface area contributed by atoms with Crippen LogP contribution in [0.25, 0.3) is 0 Å². The Morgan fingerprint density at radius 3 is 2.49 bits per heavy atom. The first-order valence-electron chi connectivity index (χ1n) is 13.7. The predicted molar refractivity (Wildman–Crippen MR) is 153 cm³/mol. The summed E-state index contributed by atoms with van der Waals surface area (Å²) in [5.74, 6) is -1.07. The Balaban J connectivity index is 1.54. The van der Waals surface area contributed by atoms with Gasteiger partial charge in [0.25, 0.3) is 5.91 Å². The molecule has 0 radical (unpaired) electrons. The van der Waals surface area contributed by atoms with E-state index >= 15 is 0 Å². The maximum absolute atomic E-state index is 12.7. The van der Waals surface area contributed by atoms with Crippen LogP contribution in [0.15, 0.2) is 48.5 Å². The lowest BCUT2D eigenvalue weighted by atomic mass is 9.99. The first kappa shape index (κ1) is 32.1. The van der Waals surface area contributed by atoms with Gasteiger partial charge in [-0.15, -0.1) is 0 Å². The molecule has 0 aliphatic carbocycles. The van der Waals surface area contributed by atoms with Gasteiger partial charge in [-0.3, -0.25) is 15.0 Å². The molecule has 0 bridgehead atoms. The smallest absolute Gasteiger partial charge is 0.253 e. The number of aliphatic hydroxyl groups is 4. The highest BCUT2D eigenvalue weighted by atomic mass is 16.7. The number of nitrogens with two attached hydrogens (primary N) is 1. The zero-order valence-corrected chi connectivity index (χ0v) is 23.6. The number of amides is 2. The van der Waals surface area contributed by atoms with Gasteiger partial charge in [0.2, 0.25) is 12.2 Å². The monoisotopic (exact) mass is 602 g/mol. The molecule has 15 nitrogen and oxygen atoms in total. The third-order valence-corrected chi connectivity index (χ3v) is 7.22. The van der Waals surface area contributed by atoms with Crippen LogP contribution in [0.1, 0.15) is 23.8 Å². The molecule has 9 N–H and O–H groups in total. The number of nitrogens with one attached hydrogen (secondary N) is 3. The molecule has 2 saturated heterocycles. The van der Waals surface area contributed by atoms with Gasteiger partial charge >= 0.3 is 0 Å². The highest BCUT2D eigenvalue weighted by Crippen LogP contribution is 2.32. The van der Waals surface area contributed by atoms with Gasteiger partial charge in [-0.05, 0) is 25.2 Å². The third-order valence-electron chi connectivity index (χ3n) is 7.22. The summed E-state index contributed by atoms with van der Waals surface area (Å²) in [5.41, 5.74) is 9.15. The van der Waals surface area contributed by atoms with Crippen LogP contribution in [0, 0.1) is 5.41 Å². The number of ether oxygens (including phenoxy) is 2. The average molecular weight is 603 g/mol. The maximum atomic E-state index is 12.7. The van der Waals surface area contributed by atoms with Crippen LogP contribution in [-0.2, 0) is 19.2 Å². The van der Waals surface area contributed by atoms with Crippen LogP contribution < -0.4 is 21.3 Å². The second kappa shape index (κ2) is 14.6. The van der Waals surface area contributed by atoms with E-state index in [0.29, 0.717) is 43.0 Å². The van der Waals surface area contributed by atoms with Gasteiger partial charge < -0.3 is 50.8 Å². The fraction of sp³-hybridized carbons (Fsp3) is 0.464. The largest absolute Gasteiger partial charge is 0.462 e. The molecular weight excluding hydrogens is 564 g/mol. The molecule has 2 heterocycles. The van der Waals surface area contributed by atoms with Gasteiger partial charge in [0.15, 0.2) is 6.23 Å². The first-order valence-corrected chi connectivity index (χ1v) is 13.7. The molecule has 43 heavy (non-hydrogen) atoms. The van der Waals surface area contributed by atoms with Crippen molar-refractivity contribution in [3.05, 3.63) is 59.7 Å². The molecule has 2 aromatic rings. The second-order valence-electron chi connectivity index (χ2n) is 10.4. The van der Waals surface area contributed by atoms with E-state index in [4.69, 9.17) is 25.5 Å². The predicted octanol–water partition coefficient (Wildman–Crippen LogP) is -1.53. The molecule has 234 valence electrons.